The van der Waals surface area contributed by atoms with Crippen molar-refractivity contribution in [1.29, 1.82) is 0 Å². The standard InChI is InChI=1S/C41H75O7P/c1-3-5-7-9-11-13-15-17-19-20-21-23-25-27-29-31-33-35-37-46-38-40(39-47-49(43,44)45)48-41(42)36-34-32-30-28-26-24-22-18-16-14-12-10-8-6-4-2/h6,8,12,14,18,22,26,28,40H,3-5,7,9-11,13,15-17,19-21,23-25,27,29-39H2,1-2H3,(H2,43,44,45)/b8-6-,14-12-,22-18-,28-26-/t40-/m1/s1. The van der Waals surface area contributed by atoms with E-state index in [0.29, 0.717) is 13.0 Å². The normalized spacial score (nSPS) is 13.1. The predicted molar refractivity (Wildman–Crippen MR) is 207 cm³/mol. The highest BCUT2D eigenvalue weighted by atomic mass is 31.2. The summed E-state index contributed by atoms with van der Waals surface area (Å²) in [5.74, 6) is -0.402. The predicted octanol–water partition coefficient (Wildman–Crippen LogP) is 12.4. The fourth-order valence-corrected chi connectivity index (χ4v) is 5.85. The maximum atomic E-state index is 12.4. The number of hydrogen-bond donors (Lipinski definition) is 2. The molecule has 0 saturated carbocycles. The topological polar surface area (TPSA) is 102 Å². The third kappa shape index (κ3) is 40.8. The van der Waals surface area contributed by atoms with Gasteiger partial charge in [-0.15, -0.1) is 0 Å². The van der Waals surface area contributed by atoms with Gasteiger partial charge in [-0.05, 0) is 51.4 Å². The van der Waals surface area contributed by atoms with E-state index in [-0.39, 0.29) is 13.0 Å². The van der Waals surface area contributed by atoms with E-state index in [2.05, 4.69) is 67.0 Å². The molecule has 0 aromatic rings. The molecule has 0 aliphatic heterocycles. The van der Waals surface area contributed by atoms with Gasteiger partial charge in [-0.1, -0.05) is 172 Å². The molecule has 0 aromatic heterocycles. The third-order valence-electron chi connectivity index (χ3n) is 8.39. The molecule has 1 atom stereocenters. The van der Waals surface area contributed by atoms with Crippen LogP contribution >= 0.6 is 7.82 Å². The zero-order chi connectivity index (χ0) is 35.9. The van der Waals surface area contributed by atoms with E-state index in [0.717, 1.165) is 51.4 Å². The number of rotatable bonds is 37. The van der Waals surface area contributed by atoms with E-state index in [1.165, 1.54) is 103 Å². The summed E-state index contributed by atoms with van der Waals surface area (Å²) in [6.45, 7) is 4.61. The minimum atomic E-state index is -4.66. The largest absolute Gasteiger partial charge is 0.469 e. The second kappa shape index (κ2) is 37.7. The second-order valence-corrected chi connectivity index (χ2v) is 14.5. The maximum Gasteiger partial charge on any atom is 0.469 e. The van der Waals surface area contributed by atoms with Crippen LogP contribution in [-0.2, 0) is 23.4 Å². The molecule has 0 spiro atoms. The van der Waals surface area contributed by atoms with E-state index in [4.69, 9.17) is 19.3 Å². The first-order valence-electron chi connectivity index (χ1n) is 20.0. The van der Waals surface area contributed by atoms with Crippen LogP contribution in [0.4, 0.5) is 0 Å². The SMILES string of the molecule is CC/C=C\C/C=C\C/C=C\C/C=C\CCCCC(=O)O[C@H](COCCCCCCCCCCCCCCCCCCCC)COP(=O)(O)O. The molecule has 0 saturated heterocycles. The molecule has 0 radical (unpaired) electrons. The molecule has 0 rings (SSSR count). The Balaban J connectivity index is 3.85. The van der Waals surface area contributed by atoms with E-state index < -0.39 is 26.5 Å². The highest BCUT2D eigenvalue weighted by molar-refractivity contribution is 7.46. The first-order chi connectivity index (χ1) is 23.9. The highest BCUT2D eigenvalue weighted by Gasteiger charge is 2.21. The summed E-state index contributed by atoms with van der Waals surface area (Å²) < 4.78 is 26.9. The van der Waals surface area contributed by atoms with Crippen LogP contribution in [-0.4, -0.2) is 41.7 Å². The molecule has 286 valence electrons. The molecule has 0 aliphatic rings. The Labute approximate surface area is 301 Å². The number of ether oxygens (including phenoxy) is 2. The minimum absolute atomic E-state index is 0.0622. The third-order valence-corrected chi connectivity index (χ3v) is 8.88. The average Bonchev–Trinajstić information content (AvgIpc) is 3.07. The van der Waals surface area contributed by atoms with Crippen LogP contribution in [0.25, 0.3) is 0 Å². The van der Waals surface area contributed by atoms with Gasteiger partial charge in [0.05, 0.1) is 13.2 Å². The van der Waals surface area contributed by atoms with Crippen LogP contribution in [0.2, 0.25) is 0 Å². The lowest BCUT2D eigenvalue weighted by Crippen LogP contribution is -2.28. The lowest BCUT2D eigenvalue weighted by molar-refractivity contribution is -0.154. The van der Waals surface area contributed by atoms with Crippen molar-refractivity contribution in [1.82, 2.24) is 0 Å². The van der Waals surface area contributed by atoms with Gasteiger partial charge in [-0.3, -0.25) is 9.32 Å². The summed E-state index contributed by atoms with van der Waals surface area (Å²) >= 11 is 0. The van der Waals surface area contributed by atoms with Crippen molar-refractivity contribution in [3.05, 3.63) is 48.6 Å². The van der Waals surface area contributed by atoms with Gasteiger partial charge in [-0.25, -0.2) is 4.57 Å². The number of carbonyl (C=O) groups is 1. The van der Waals surface area contributed by atoms with Crippen LogP contribution in [0.3, 0.4) is 0 Å². The quantitative estimate of drug-likeness (QED) is 0.0286. The highest BCUT2D eigenvalue weighted by Crippen LogP contribution is 2.36. The molecule has 0 aromatic carbocycles. The summed E-state index contributed by atoms with van der Waals surface area (Å²) in [6.07, 6.45) is 46.8. The van der Waals surface area contributed by atoms with Crippen molar-refractivity contribution in [3.8, 4) is 0 Å². The molecule has 7 nitrogen and oxygen atoms in total. The van der Waals surface area contributed by atoms with Gasteiger partial charge in [0.15, 0.2) is 0 Å². The van der Waals surface area contributed by atoms with Crippen LogP contribution in [0.1, 0.15) is 181 Å². The molecular formula is C41H75O7P. The number of unbranched alkanes of at least 4 members (excludes halogenated alkanes) is 19. The maximum absolute atomic E-state index is 12.4. The Hall–Kier alpha value is -1.50. The van der Waals surface area contributed by atoms with Gasteiger partial charge in [-0.2, -0.15) is 0 Å². The molecule has 2 N–H and O–H groups in total. The van der Waals surface area contributed by atoms with Gasteiger partial charge in [0.2, 0.25) is 0 Å². The fraction of sp³-hybridized carbons (Fsp3) is 0.780. The van der Waals surface area contributed by atoms with E-state index in [1.54, 1.807) is 0 Å². The van der Waals surface area contributed by atoms with Gasteiger partial charge in [0, 0.05) is 13.0 Å². The number of esters is 1. The summed E-state index contributed by atoms with van der Waals surface area (Å²) in [6, 6.07) is 0. The van der Waals surface area contributed by atoms with Crippen molar-refractivity contribution in [3.63, 3.8) is 0 Å². The number of hydrogen-bond acceptors (Lipinski definition) is 5. The lowest BCUT2D eigenvalue weighted by Gasteiger charge is -2.18. The number of phosphoric acid groups is 1. The number of carbonyl (C=O) groups excluding carboxylic acids is 1. The molecule has 0 fully saturated rings. The summed E-state index contributed by atoms with van der Waals surface area (Å²) in [4.78, 5) is 30.5. The average molecular weight is 711 g/mol. The van der Waals surface area contributed by atoms with Crippen LogP contribution in [0, 0.1) is 0 Å². The van der Waals surface area contributed by atoms with Crippen molar-refractivity contribution in [2.24, 2.45) is 0 Å². The molecule has 0 bridgehead atoms. The first-order valence-corrected chi connectivity index (χ1v) is 21.5. The zero-order valence-electron chi connectivity index (χ0n) is 31.6. The zero-order valence-corrected chi connectivity index (χ0v) is 32.5. The first kappa shape index (κ1) is 47.5. The molecule has 0 aliphatic carbocycles. The van der Waals surface area contributed by atoms with Crippen molar-refractivity contribution in [2.75, 3.05) is 19.8 Å². The van der Waals surface area contributed by atoms with Gasteiger partial charge < -0.3 is 19.3 Å². The molecule has 49 heavy (non-hydrogen) atoms. The Kier molecular flexibility index (Phi) is 36.6. The number of phosphoric ester groups is 1. The van der Waals surface area contributed by atoms with E-state index >= 15 is 0 Å². The van der Waals surface area contributed by atoms with Crippen LogP contribution < -0.4 is 0 Å². The van der Waals surface area contributed by atoms with Gasteiger partial charge >= 0.3 is 13.8 Å². The van der Waals surface area contributed by atoms with Gasteiger partial charge in [0.1, 0.15) is 6.10 Å². The van der Waals surface area contributed by atoms with Crippen LogP contribution in [0.15, 0.2) is 48.6 Å². The van der Waals surface area contributed by atoms with Gasteiger partial charge in [0.25, 0.3) is 0 Å². The molecule has 8 heteroatoms. The molecule has 0 heterocycles. The Morgan fingerprint density at radius 3 is 1.49 bits per heavy atom. The van der Waals surface area contributed by atoms with E-state index in [9.17, 15) is 9.36 Å². The van der Waals surface area contributed by atoms with Crippen molar-refractivity contribution in [2.45, 2.75) is 187 Å². The van der Waals surface area contributed by atoms with Crippen molar-refractivity contribution < 1.29 is 33.1 Å². The Morgan fingerprint density at radius 1 is 0.571 bits per heavy atom. The summed E-state index contributed by atoms with van der Waals surface area (Å²) in [5, 5.41) is 0. The lowest BCUT2D eigenvalue weighted by atomic mass is 10.0. The summed E-state index contributed by atoms with van der Waals surface area (Å²) in [7, 11) is -4.66. The Bertz CT molecular complexity index is 877. The minimum Gasteiger partial charge on any atom is -0.457 e. The van der Waals surface area contributed by atoms with Crippen molar-refractivity contribution >= 4 is 13.8 Å². The fourth-order valence-electron chi connectivity index (χ4n) is 5.49. The van der Waals surface area contributed by atoms with E-state index in [1.807, 2.05) is 0 Å². The smallest absolute Gasteiger partial charge is 0.457 e. The van der Waals surface area contributed by atoms with Crippen LogP contribution in [0.5, 0.6) is 0 Å². The summed E-state index contributed by atoms with van der Waals surface area (Å²) in [5.41, 5.74) is 0. The molecular weight excluding hydrogens is 635 g/mol. The second-order valence-electron chi connectivity index (χ2n) is 13.2. The Morgan fingerprint density at radius 2 is 1.02 bits per heavy atom. The molecule has 0 unspecified atom stereocenters. The monoisotopic (exact) mass is 711 g/mol. The molecule has 0 amide bonds. The number of allylic oxidation sites excluding steroid dienone is 8.